The van der Waals surface area contributed by atoms with Gasteiger partial charge in [0.1, 0.15) is 0 Å². The monoisotopic (exact) mass is 922 g/mol. The molecule has 9 heterocycles. The van der Waals surface area contributed by atoms with E-state index in [0.29, 0.717) is 34.2 Å². The first-order chi connectivity index (χ1) is 32.8. The Balaban J connectivity index is 1.49. The Morgan fingerprint density at radius 1 is 0.294 bits per heavy atom. The van der Waals surface area contributed by atoms with Crippen LogP contribution in [0, 0.1) is 0 Å². The molecule has 9 rings (SSSR count). The smallest absolute Gasteiger partial charge is 0.337 e. The first-order valence-corrected chi connectivity index (χ1v) is 20.8. The summed E-state index contributed by atoms with van der Waals surface area (Å²) in [5, 5.41) is 0. The molecule has 3 aliphatic heterocycles. The van der Waals surface area contributed by atoms with Gasteiger partial charge in [-0.2, -0.15) is 0 Å². The second-order valence-electron chi connectivity index (χ2n) is 15.6. The van der Waals surface area contributed by atoms with Crippen LogP contribution in [-0.4, -0.2) is 118 Å². The summed E-state index contributed by atoms with van der Waals surface area (Å²) in [7, 11) is 7.48. The SMILES string of the molecule is COC(=O)c1cc2nc(c1)-c1cc(C(=O)OC)cc(n1)CN1Cc3cc(C(=O)OC)cc(n3)-c3cc(C(=O)OC)cc(n3)CN(C2)Cc2cc(C(=O)OC)cc(n2)-c2cc(C(=O)OC)cc(n2)C1. The molecule has 6 aromatic rings. The van der Waals surface area contributed by atoms with Crippen LogP contribution < -0.4 is 0 Å². The van der Waals surface area contributed by atoms with E-state index in [1.807, 2.05) is 9.80 Å². The number of ether oxygens (including phenoxy) is 6. The minimum Gasteiger partial charge on any atom is -0.465 e. The molecule has 3 aliphatic rings. The first kappa shape index (κ1) is 46.2. The van der Waals surface area contributed by atoms with Crippen LogP contribution >= 0.6 is 0 Å². The molecular formula is C48H42N8O12. The number of aromatic nitrogens is 6. The Morgan fingerprint density at radius 2 is 0.441 bits per heavy atom. The van der Waals surface area contributed by atoms with Crippen molar-refractivity contribution in [3.05, 3.63) is 140 Å². The number of pyridine rings is 6. The lowest BCUT2D eigenvalue weighted by Gasteiger charge is -2.25. The van der Waals surface area contributed by atoms with Crippen molar-refractivity contribution in [3.8, 4) is 34.2 Å². The summed E-state index contributed by atoms with van der Waals surface area (Å²) in [4.78, 5) is 113. The van der Waals surface area contributed by atoms with Gasteiger partial charge in [-0.1, -0.05) is 0 Å². The summed E-state index contributed by atoms with van der Waals surface area (Å²) < 4.78 is 31.0. The molecule has 0 saturated carbocycles. The molecule has 20 heteroatoms. The van der Waals surface area contributed by atoms with E-state index in [1.165, 1.54) is 79.1 Å². The average molecular weight is 923 g/mol. The Kier molecular flexibility index (Phi) is 13.3. The normalized spacial score (nSPS) is 14.9. The zero-order chi connectivity index (χ0) is 48.2. The van der Waals surface area contributed by atoms with Crippen molar-refractivity contribution in [3.63, 3.8) is 0 Å². The maximum Gasteiger partial charge on any atom is 0.337 e. The van der Waals surface area contributed by atoms with Crippen LogP contribution in [0.1, 0.15) is 96.3 Å². The third-order valence-corrected chi connectivity index (χ3v) is 10.9. The second-order valence-corrected chi connectivity index (χ2v) is 15.6. The van der Waals surface area contributed by atoms with Crippen LogP contribution in [0.4, 0.5) is 0 Å². The Morgan fingerprint density at radius 3 is 0.574 bits per heavy atom. The van der Waals surface area contributed by atoms with Gasteiger partial charge in [0, 0.05) is 39.3 Å². The van der Waals surface area contributed by atoms with E-state index in [0.717, 1.165) is 0 Å². The van der Waals surface area contributed by atoms with Gasteiger partial charge >= 0.3 is 35.8 Å². The summed E-state index contributed by atoms with van der Waals surface area (Å²) in [5.74, 6) is -4.03. The molecule has 0 aliphatic carbocycles. The van der Waals surface area contributed by atoms with Gasteiger partial charge in [-0.3, -0.25) is 9.80 Å². The summed E-state index contributed by atoms with van der Waals surface area (Å²) in [6, 6.07) is 18.3. The molecule has 0 atom stereocenters. The van der Waals surface area contributed by atoms with Gasteiger partial charge < -0.3 is 28.4 Å². The van der Waals surface area contributed by atoms with Gasteiger partial charge in [-0.15, -0.1) is 0 Å². The standard InChI is InChI=1S/C48H42N8O12/c1-63-43(57)25-7-31-19-55-20-33-9-27(45(59)65-3)15-39(51-33)41-17-29(47(61)67-5)11-35(53-41)23-56(22-32-8-26(44(58)64-2)14-38(50-32)37(13-25)49-31)24-36-12-30(48(62)68-6)18-42(54-36)40-16-28(46(60)66-4)10-34(21-55)52-40/h7-18H,19-24H2,1-6H3. The number of esters is 6. The summed E-state index contributed by atoms with van der Waals surface area (Å²) in [6.07, 6.45) is 0. The van der Waals surface area contributed by atoms with Crippen LogP contribution in [0.25, 0.3) is 34.2 Å². The first-order valence-electron chi connectivity index (χ1n) is 20.8. The molecule has 6 aromatic heterocycles. The van der Waals surface area contributed by atoms with Crippen LogP contribution in [-0.2, 0) is 67.7 Å². The van der Waals surface area contributed by atoms with Crippen molar-refractivity contribution < 1.29 is 57.2 Å². The lowest BCUT2D eigenvalue weighted by Crippen LogP contribution is -2.26. The van der Waals surface area contributed by atoms with E-state index in [4.69, 9.17) is 58.3 Å². The lowest BCUT2D eigenvalue weighted by molar-refractivity contribution is 0.0591. The van der Waals surface area contributed by atoms with Crippen molar-refractivity contribution in [2.45, 2.75) is 39.3 Å². The van der Waals surface area contributed by atoms with E-state index < -0.39 is 35.8 Å². The molecule has 0 aromatic carbocycles. The Bertz CT molecular complexity index is 2530. The van der Waals surface area contributed by atoms with Crippen molar-refractivity contribution in [1.82, 2.24) is 39.7 Å². The third kappa shape index (κ3) is 10.1. The number of nitrogens with zero attached hydrogens (tertiary/aromatic N) is 8. The fraction of sp³-hybridized carbons (Fsp3) is 0.250. The number of carbonyl (C=O) groups is 6. The summed E-state index contributed by atoms with van der Waals surface area (Å²) in [6.45, 7) is -0.199. The molecule has 0 radical (unpaired) electrons. The topological polar surface area (TPSA) is 242 Å². The lowest BCUT2D eigenvalue weighted by atomic mass is 10.1. The highest BCUT2D eigenvalue weighted by Gasteiger charge is 2.25. The van der Waals surface area contributed by atoms with E-state index in [1.54, 1.807) is 36.4 Å². The van der Waals surface area contributed by atoms with Gasteiger partial charge in [0.15, 0.2) is 0 Å². The molecule has 0 N–H and O–H groups in total. The highest BCUT2D eigenvalue weighted by molar-refractivity contribution is 5.94. The molecule has 0 fully saturated rings. The zero-order valence-electron chi connectivity index (χ0n) is 37.6. The predicted octanol–water partition coefficient (Wildman–Crippen LogP) is 4.81. The third-order valence-electron chi connectivity index (χ3n) is 10.9. The molecule has 68 heavy (non-hydrogen) atoms. The molecular weight excluding hydrogens is 881 g/mol. The van der Waals surface area contributed by atoms with E-state index in [9.17, 15) is 28.8 Å². The molecule has 0 unspecified atom stereocenters. The van der Waals surface area contributed by atoms with Crippen LogP contribution in [0.15, 0.2) is 72.8 Å². The number of carbonyl (C=O) groups excluding carboxylic acids is 6. The van der Waals surface area contributed by atoms with Crippen LogP contribution in [0.5, 0.6) is 0 Å². The van der Waals surface area contributed by atoms with Gasteiger partial charge in [-0.05, 0) is 72.8 Å². The number of rotatable bonds is 6. The molecule has 346 valence electrons. The molecule has 0 saturated heterocycles. The van der Waals surface area contributed by atoms with Gasteiger partial charge in [0.25, 0.3) is 0 Å². The maximum atomic E-state index is 13.3. The molecule has 0 amide bonds. The fourth-order valence-electron chi connectivity index (χ4n) is 7.92. The zero-order valence-corrected chi connectivity index (χ0v) is 37.6. The molecule has 20 nitrogen and oxygen atoms in total. The summed E-state index contributed by atoms with van der Waals surface area (Å²) in [5.41, 5.74) is 4.02. The van der Waals surface area contributed by atoms with Crippen LogP contribution in [0.3, 0.4) is 0 Å². The minimum atomic E-state index is -0.671. The van der Waals surface area contributed by atoms with Crippen molar-refractivity contribution in [2.75, 3.05) is 42.7 Å². The number of hydrogen-bond acceptors (Lipinski definition) is 20. The fourth-order valence-corrected chi connectivity index (χ4v) is 7.92. The second kappa shape index (κ2) is 19.6. The molecule has 14 bridgehead atoms. The Labute approximate surface area is 388 Å². The molecule has 0 spiro atoms. The maximum absolute atomic E-state index is 13.3. The van der Waals surface area contributed by atoms with Crippen molar-refractivity contribution in [1.29, 1.82) is 0 Å². The number of hydrogen-bond donors (Lipinski definition) is 0. The predicted molar refractivity (Wildman–Crippen MR) is 236 cm³/mol. The number of methoxy groups -OCH3 is 6. The minimum absolute atomic E-state index is 0.0332. The quantitative estimate of drug-likeness (QED) is 0.161. The van der Waals surface area contributed by atoms with E-state index in [-0.39, 0.29) is 107 Å². The van der Waals surface area contributed by atoms with Crippen molar-refractivity contribution in [2.24, 2.45) is 0 Å². The van der Waals surface area contributed by atoms with Gasteiger partial charge in [0.05, 0.1) is 144 Å². The van der Waals surface area contributed by atoms with Gasteiger partial charge in [0.2, 0.25) is 0 Å². The largest absolute Gasteiger partial charge is 0.465 e. The van der Waals surface area contributed by atoms with Crippen molar-refractivity contribution >= 4 is 35.8 Å². The highest BCUT2D eigenvalue weighted by Crippen LogP contribution is 2.29. The van der Waals surface area contributed by atoms with E-state index in [2.05, 4.69) is 0 Å². The highest BCUT2D eigenvalue weighted by atomic mass is 16.5. The summed E-state index contributed by atoms with van der Waals surface area (Å²) >= 11 is 0. The Hall–Kier alpha value is -8.36. The average Bonchev–Trinajstić information content (AvgIpc) is 3.35. The van der Waals surface area contributed by atoms with Gasteiger partial charge in [-0.25, -0.2) is 58.7 Å². The van der Waals surface area contributed by atoms with Crippen LogP contribution in [0.2, 0.25) is 0 Å². The van der Waals surface area contributed by atoms with E-state index >= 15 is 0 Å².